The van der Waals surface area contributed by atoms with Gasteiger partial charge in [-0.25, -0.2) is 4.98 Å². The smallest absolute Gasteiger partial charge is 0.124 e. The third-order valence-corrected chi connectivity index (χ3v) is 2.90. The maximum atomic E-state index is 5.88. The summed E-state index contributed by atoms with van der Waals surface area (Å²) in [6.07, 6.45) is 3.99. The number of aromatic nitrogens is 2. The largest absolute Gasteiger partial charge is 0.491 e. The molecule has 0 bridgehead atoms. The lowest BCUT2D eigenvalue weighted by molar-refractivity contribution is 0.238. The fraction of sp³-hybridized carbons (Fsp3) is 0.400. The highest BCUT2D eigenvalue weighted by Gasteiger charge is 2.18. The minimum atomic E-state index is 0.0381. The number of ether oxygens (including phenoxy) is 1. The van der Waals surface area contributed by atoms with E-state index < -0.39 is 0 Å². The molecule has 0 amide bonds. The zero-order valence-electron chi connectivity index (χ0n) is 11.9. The molecule has 0 spiro atoms. The fourth-order valence-corrected chi connectivity index (χ4v) is 2.13. The van der Waals surface area contributed by atoms with Gasteiger partial charge in [-0.15, -0.1) is 0 Å². The molecule has 2 aromatic rings. The minimum Gasteiger partial charge on any atom is -0.491 e. The standard InChI is InChI=1S/C15H21N3O/c1-11(2)19-14-8-6-5-7-12(14)15(16-3)13-9-18(4)10-17-13/h5-11,15-16H,1-4H3. The van der Waals surface area contributed by atoms with Crippen molar-refractivity contribution in [1.82, 2.24) is 14.9 Å². The van der Waals surface area contributed by atoms with E-state index in [1.165, 1.54) is 0 Å². The second kappa shape index (κ2) is 5.89. The van der Waals surface area contributed by atoms with E-state index in [1.54, 1.807) is 0 Å². The lowest BCUT2D eigenvalue weighted by Crippen LogP contribution is -2.20. The summed E-state index contributed by atoms with van der Waals surface area (Å²) in [6, 6.07) is 8.13. The molecule has 1 heterocycles. The highest BCUT2D eigenvalue weighted by molar-refractivity contribution is 5.39. The average Bonchev–Trinajstić information content (AvgIpc) is 2.78. The van der Waals surface area contributed by atoms with Crippen LogP contribution in [-0.4, -0.2) is 22.7 Å². The predicted octanol–water partition coefficient (Wildman–Crippen LogP) is 2.52. The van der Waals surface area contributed by atoms with Crippen LogP contribution in [-0.2, 0) is 7.05 Å². The fourth-order valence-electron chi connectivity index (χ4n) is 2.13. The summed E-state index contributed by atoms with van der Waals surface area (Å²) in [5.41, 5.74) is 2.10. The first-order chi connectivity index (χ1) is 9.11. The highest BCUT2D eigenvalue weighted by Crippen LogP contribution is 2.29. The van der Waals surface area contributed by atoms with Gasteiger partial charge in [-0.1, -0.05) is 18.2 Å². The van der Waals surface area contributed by atoms with Crippen molar-refractivity contribution in [2.24, 2.45) is 7.05 Å². The molecule has 1 atom stereocenters. The number of benzene rings is 1. The lowest BCUT2D eigenvalue weighted by atomic mass is 10.0. The highest BCUT2D eigenvalue weighted by atomic mass is 16.5. The van der Waals surface area contributed by atoms with Crippen LogP contribution < -0.4 is 10.1 Å². The Hall–Kier alpha value is -1.81. The van der Waals surface area contributed by atoms with Crippen LogP contribution in [0.2, 0.25) is 0 Å². The van der Waals surface area contributed by atoms with Crippen LogP contribution >= 0.6 is 0 Å². The van der Waals surface area contributed by atoms with E-state index in [0.29, 0.717) is 0 Å². The van der Waals surface area contributed by atoms with Gasteiger partial charge in [0.05, 0.1) is 24.2 Å². The monoisotopic (exact) mass is 259 g/mol. The molecule has 1 unspecified atom stereocenters. The van der Waals surface area contributed by atoms with Crippen LogP contribution in [0.1, 0.15) is 31.1 Å². The van der Waals surface area contributed by atoms with Gasteiger partial charge in [0.2, 0.25) is 0 Å². The van der Waals surface area contributed by atoms with Crippen LogP contribution in [0, 0.1) is 0 Å². The molecule has 0 saturated heterocycles. The topological polar surface area (TPSA) is 39.1 Å². The van der Waals surface area contributed by atoms with Gasteiger partial charge in [-0.2, -0.15) is 0 Å². The Kier molecular flexibility index (Phi) is 4.22. The Labute approximate surface area is 114 Å². The first-order valence-corrected chi connectivity index (χ1v) is 6.52. The van der Waals surface area contributed by atoms with Crippen molar-refractivity contribution in [3.63, 3.8) is 0 Å². The molecule has 0 radical (unpaired) electrons. The molecule has 0 aliphatic heterocycles. The molecule has 0 aliphatic carbocycles. The molecular formula is C15H21N3O. The molecule has 4 nitrogen and oxygen atoms in total. The first-order valence-electron chi connectivity index (χ1n) is 6.52. The number of nitrogens with one attached hydrogen (secondary N) is 1. The zero-order valence-corrected chi connectivity index (χ0v) is 11.9. The van der Waals surface area contributed by atoms with Gasteiger partial charge < -0.3 is 14.6 Å². The third-order valence-electron chi connectivity index (χ3n) is 2.90. The first kappa shape index (κ1) is 13.6. The van der Waals surface area contributed by atoms with Crippen LogP contribution in [0.4, 0.5) is 0 Å². The van der Waals surface area contributed by atoms with E-state index in [4.69, 9.17) is 4.74 Å². The minimum absolute atomic E-state index is 0.0381. The van der Waals surface area contributed by atoms with E-state index in [2.05, 4.69) is 16.4 Å². The van der Waals surface area contributed by atoms with Crippen molar-refractivity contribution in [2.45, 2.75) is 26.0 Å². The lowest BCUT2D eigenvalue weighted by Gasteiger charge is -2.20. The number of imidazole rings is 1. The number of para-hydroxylation sites is 1. The molecule has 0 fully saturated rings. The summed E-state index contributed by atoms with van der Waals surface area (Å²) in [5.74, 6) is 0.905. The van der Waals surface area contributed by atoms with Crippen LogP contribution in [0.5, 0.6) is 5.75 Å². The normalized spacial score (nSPS) is 12.7. The summed E-state index contributed by atoms with van der Waals surface area (Å²) in [7, 11) is 3.91. The van der Waals surface area contributed by atoms with Gasteiger partial charge in [-0.3, -0.25) is 0 Å². The Morgan fingerprint density at radius 1 is 1.26 bits per heavy atom. The second-order valence-electron chi connectivity index (χ2n) is 4.89. The van der Waals surface area contributed by atoms with Crippen LogP contribution in [0.15, 0.2) is 36.8 Å². The number of rotatable bonds is 5. The summed E-state index contributed by atoms with van der Waals surface area (Å²) in [5, 5.41) is 3.31. The van der Waals surface area contributed by atoms with Crippen molar-refractivity contribution < 1.29 is 4.74 Å². The van der Waals surface area contributed by atoms with Gasteiger partial charge in [0.1, 0.15) is 5.75 Å². The summed E-state index contributed by atoms with van der Waals surface area (Å²) >= 11 is 0. The number of hydrogen-bond acceptors (Lipinski definition) is 3. The summed E-state index contributed by atoms with van der Waals surface area (Å²) < 4.78 is 7.83. The van der Waals surface area contributed by atoms with Gasteiger partial charge in [0, 0.05) is 18.8 Å². The molecular weight excluding hydrogens is 238 g/mol. The zero-order chi connectivity index (χ0) is 13.8. The Morgan fingerprint density at radius 2 is 2.00 bits per heavy atom. The molecule has 1 aromatic carbocycles. The van der Waals surface area contributed by atoms with Gasteiger partial charge in [-0.05, 0) is 27.0 Å². The van der Waals surface area contributed by atoms with Gasteiger partial charge in [0.15, 0.2) is 0 Å². The second-order valence-corrected chi connectivity index (χ2v) is 4.89. The van der Waals surface area contributed by atoms with E-state index >= 15 is 0 Å². The number of nitrogens with zero attached hydrogens (tertiary/aromatic N) is 2. The summed E-state index contributed by atoms with van der Waals surface area (Å²) in [6.45, 7) is 4.07. The van der Waals surface area contributed by atoms with Crippen molar-refractivity contribution in [2.75, 3.05) is 7.05 Å². The van der Waals surface area contributed by atoms with Gasteiger partial charge in [0.25, 0.3) is 0 Å². The molecule has 102 valence electrons. The Bertz CT molecular complexity index is 534. The average molecular weight is 259 g/mol. The number of hydrogen-bond donors (Lipinski definition) is 1. The quantitative estimate of drug-likeness (QED) is 0.896. The summed E-state index contributed by atoms with van der Waals surface area (Å²) in [4.78, 5) is 4.43. The van der Waals surface area contributed by atoms with Crippen molar-refractivity contribution in [3.8, 4) is 5.75 Å². The Balaban J connectivity index is 2.38. The van der Waals surface area contributed by atoms with E-state index in [9.17, 15) is 0 Å². The number of aryl methyl sites for hydroxylation is 1. The van der Waals surface area contributed by atoms with E-state index in [-0.39, 0.29) is 12.1 Å². The van der Waals surface area contributed by atoms with E-state index in [1.807, 2.05) is 63.2 Å². The van der Waals surface area contributed by atoms with Crippen LogP contribution in [0.25, 0.3) is 0 Å². The molecule has 4 heteroatoms. The maximum Gasteiger partial charge on any atom is 0.124 e. The van der Waals surface area contributed by atoms with Crippen molar-refractivity contribution in [3.05, 3.63) is 48.0 Å². The Morgan fingerprint density at radius 3 is 2.58 bits per heavy atom. The maximum absolute atomic E-state index is 5.88. The van der Waals surface area contributed by atoms with Crippen molar-refractivity contribution >= 4 is 0 Å². The van der Waals surface area contributed by atoms with Crippen LogP contribution in [0.3, 0.4) is 0 Å². The molecule has 1 N–H and O–H groups in total. The molecule has 0 aliphatic rings. The SMILES string of the molecule is CNC(c1cn(C)cn1)c1ccccc1OC(C)C. The molecule has 1 aromatic heterocycles. The van der Waals surface area contributed by atoms with Crippen molar-refractivity contribution in [1.29, 1.82) is 0 Å². The molecule has 19 heavy (non-hydrogen) atoms. The third kappa shape index (κ3) is 3.15. The van der Waals surface area contributed by atoms with E-state index in [0.717, 1.165) is 17.0 Å². The van der Waals surface area contributed by atoms with Gasteiger partial charge >= 0.3 is 0 Å². The predicted molar refractivity (Wildman–Crippen MR) is 76.3 cm³/mol. The molecule has 2 rings (SSSR count). The molecule has 0 saturated carbocycles.